The van der Waals surface area contributed by atoms with E-state index >= 15 is 0 Å². The van der Waals surface area contributed by atoms with Gasteiger partial charge >= 0.3 is 0 Å². The Hall–Kier alpha value is -1.13. The van der Waals surface area contributed by atoms with Crippen LogP contribution in [0.4, 0.5) is 5.82 Å². The summed E-state index contributed by atoms with van der Waals surface area (Å²) in [5, 5.41) is 2.69. The van der Waals surface area contributed by atoms with Gasteiger partial charge < -0.3 is 11.1 Å². The van der Waals surface area contributed by atoms with E-state index in [1.807, 2.05) is 32.9 Å². The Morgan fingerprint density at radius 3 is 2.62 bits per heavy atom. The lowest BCUT2D eigenvalue weighted by Crippen LogP contribution is -2.39. The standard InChI is InChI=1S/C11H17N3O.ClH/c1-7(2)10(12)11(15)14-9-6-8(3)4-5-13-9;/h4-7,10H,12H2,1-3H3,(H,13,14,15);1H/t10-;/m0./s1. The lowest BCUT2D eigenvalue weighted by molar-refractivity contribution is -0.118. The Balaban J connectivity index is 0.00000225. The maximum atomic E-state index is 11.6. The van der Waals surface area contributed by atoms with E-state index in [-0.39, 0.29) is 24.2 Å². The Bertz CT molecular complexity index is 355. The van der Waals surface area contributed by atoms with Crippen LogP contribution in [0.2, 0.25) is 0 Å². The van der Waals surface area contributed by atoms with Crippen LogP contribution in [0, 0.1) is 12.8 Å². The van der Waals surface area contributed by atoms with Crippen molar-refractivity contribution in [2.45, 2.75) is 26.8 Å². The fourth-order valence-electron chi connectivity index (χ4n) is 1.12. The van der Waals surface area contributed by atoms with Crippen LogP contribution in [0.25, 0.3) is 0 Å². The molecule has 1 amide bonds. The largest absolute Gasteiger partial charge is 0.320 e. The van der Waals surface area contributed by atoms with Gasteiger partial charge in [0.05, 0.1) is 6.04 Å². The molecule has 0 unspecified atom stereocenters. The average Bonchev–Trinajstić information content (AvgIpc) is 2.16. The van der Waals surface area contributed by atoms with Gasteiger partial charge in [-0.1, -0.05) is 13.8 Å². The van der Waals surface area contributed by atoms with E-state index < -0.39 is 6.04 Å². The zero-order chi connectivity index (χ0) is 11.4. The van der Waals surface area contributed by atoms with E-state index in [1.54, 1.807) is 6.20 Å². The molecule has 16 heavy (non-hydrogen) atoms. The molecule has 1 rings (SSSR count). The molecule has 1 atom stereocenters. The highest BCUT2D eigenvalue weighted by Gasteiger charge is 2.17. The number of aromatic nitrogens is 1. The van der Waals surface area contributed by atoms with Crippen molar-refractivity contribution in [1.29, 1.82) is 0 Å². The zero-order valence-corrected chi connectivity index (χ0v) is 10.5. The van der Waals surface area contributed by atoms with E-state index in [2.05, 4.69) is 10.3 Å². The van der Waals surface area contributed by atoms with E-state index in [0.29, 0.717) is 5.82 Å². The van der Waals surface area contributed by atoms with Crippen LogP contribution in [-0.4, -0.2) is 16.9 Å². The number of rotatable bonds is 3. The maximum Gasteiger partial charge on any atom is 0.242 e. The molecule has 0 saturated heterocycles. The van der Waals surface area contributed by atoms with Crippen LogP contribution in [-0.2, 0) is 4.79 Å². The lowest BCUT2D eigenvalue weighted by atomic mass is 10.1. The Labute approximate surface area is 102 Å². The van der Waals surface area contributed by atoms with E-state index in [1.165, 1.54) is 0 Å². The van der Waals surface area contributed by atoms with Gasteiger partial charge in [-0.3, -0.25) is 4.79 Å². The number of hydrogen-bond acceptors (Lipinski definition) is 3. The fourth-order valence-corrected chi connectivity index (χ4v) is 1.12. The number of anilines is 1. The molecule has 1 heterocycles. The molecule has 5 heteroatoms. The summed E-state index contributed by atoms with van der Waals surface area (Å²) in [6, 6.07) is 3.19. The number of carbonyl (C=O) groups excluding carboxylic acids is 1. The number of nitrogens with zero attached hydrogens (tertiary/aromatic N) is 1. The number of nitrogens with two attached hydrogens (primary N) is 1. The Kier molecular flexibility index (Phi) is 6.00. The first-order chi connectivity index (χ1) is 7.00. The molecule has 0 radical (unpaired) electrons. The molecule has 1 aromatic rings. The normalized spacial score (nSPS) is 11.8. The molecule has 0 aliphatic carbocycles. The van der Waals surface area contributed by atoms with Crippen molar-refractivity contribution in [2.24, 2.45) is 11.7 Å². The van der Waals surface area contributed by atoms with Crippen LogP contribution in [0.15, 0.2) is 18.3 Å². The lowest BCUT2D eigenvalue weighted by Gasteiger charge is -2.14. The number of pyridine rings is 1. The van der Waals surface area contributed by atoms with Crippen molar-refractivity contribution in [1.82, 2.24) is 4.98 Å². The second-order valence-electron chi connectivity index (χ2n) is 3.98. The van der Waals surface area contributed by atoms with Gasteiger partial charge in [0.2, 0.25) is 5.91 Å². The van der Waals surface area contributed by atoms with Gasteiger partial charge in [0.1, 0.15) is 5.82 Å². The third-order valence-corrected chi connectivity index (χ3v) is 2.19. The van der Waals surface area contributed by atoms with Crippen LogP contribution in [0.3, 0.4) is 0 Å². The number of nitrogens with one attached hydrogen (secondary N) is 1. The molecular weight excluding hydrogens is 226 g/mol. The molecule has 0 fully saturated rings. The molecule has 3 N–H and O–H groups in total. The average molecular weight is 244 g/mol. The molecule has 1 aromatic heterocycles. The molecule has 0 spiro atoms. The predicted octanol–water partition coefficient (Wildman–Crippen LogP) is 1.73. The van der Waals surface area contributed by atoms with Crippen molar-refractivity contribution < 1.29 is 4.79 Å². The summed E-state index contributed by atoms with van der Waals surface area (Å²) in [6.07, 6.45) is 1.66. The number of amides is 1. The van der Waals surface area contributed by atoms with Crippen LogP contribution in [0.1, 0.15) is 19.4 Å². The highest BCUT2D eigenvalue weighted by molar-refractivity contribution is 5.94. The molecule has 0 saturated carbocycles. The van der Waals surface area contributed by atoms with E-state index in [4.69, 9.17) is 5.73 Å². The molecule has 4 nitrogen and oxygen atoms in total. The van der Waals surface area contributed by atoms with Gasteiger partial charge in [0.15, 0.2) is 0 Å². The molecule has 0 aliphatic rings. The topological polar surface area (TPSA) is 68.0 Å². The van der Waals surface area contributed by atoms with E-state index in [0.717, 1.165) is 5.56 Å². The highest BCUT2D eigenvalue weighted by Crippen LogP contribution is 2.07. The zero-order valence-electron chi connectivity index (χ0n) is 9.73. The summed E-state index contributed by atoms with van der Waals surface area (Å²) in [5.74, 6) is 0.481. The van der Waals surface area contributed by atoms with Gasteiger partial charge in [-0.2, -0.15) is 0 Å². The summed E-state index contributed by atoms with van der Waals surface area (Å²) in [5.41, 5.74) is 6.76. The highest BCUT2D eigenvalue weighted by atomic mass is 35.5. The number of aryl methyl sites for hydroxylation is 1. The van der Waals surface area contributed by atoms with Crippen LogP contribution < -0.4 is 11.1 Å². The van der Waals surface area contributed by atoms with Crippen molar-refractivity contribution >= 4 is 24.1 Å². The van der Waals surface area contributed by atoms with Crippen LogP contribution >= 0.6 is 12.4 Å². The summed E-state index contributed by atoms with van der Waals surface area (Å²) in [6.45, 7) is 5.77. The smallest absolute Gasteiger partial charge is 0.242 e. The van der Waals surface area contributed by atoms with Gasteiger partial charge in [-0.15, -0.1) is 12.4 Å². The first kappa shape index (κ1) is 14.9. The number of hydrogen-bond donors (Lipinski definition) is 2. The fraction of sp³-hybridized carbons (Fsp3) is 0.455. The Morgan fingerprint density at radius 1 is 1.50 bits per heavy atom. The van der Waals surface area contributed by atoms with Crippen molar-refractivity contribution in [3.05, 3.63) is 23.9 Å². The third kappa shape index (κ3) is 4.16. The van der Waals surface area contributed by atoms with Crippen molar-refractivity contribution in [3.63, 3.8) is 0 Å². The Morgan fingerprint density at radius 2 is 2.12 bits per heavy atom. The van der Waals surface area contributed by atoms with Gasteiger partial charge in [0.25, 0.3) is 0 Å². The summed E-state index contributed by atoms with van der Waals surface area (Å²) >= 11 is 0. The minimum absolute atomic E-state index is 0. The van der Waals surface area contributed by atoms with E-state index in [9.17, 15) is 4.79 Å². The first-order valence-corrected chi connectivity index (χ1v) is 5.00. The second-order valence-corrected chi connectivity index (χ2v) is 3.98. The molecule has 0 aliphatic heterocycles. The minimum atomic E-state index is -0.493. The maximum absolute atomic E-state index is 11.6. The number of halogens is 1. The van der Waals surface area contributed by atoms with Gasteiger partial charge in [-0.05, 0) is 30.5 Å². The van der Waals surface area contributed by atoms with Crippen LogP contribution in [0.5, 0.6) is 0 Å². The monoisotopic (exact) mass is 243 g/mol. The molecule has 0 aromatic carbocycles. The van der Waals surface area contributed by atoms with Crippen molar-refractivity contribution in [3.8, 4) is 0 Å². The molecular formula is C11H18ClN3O. The molecule has 0 bridgehead atoms. The van der Waals surface area contributed by atoms with Gasteiger partial charge in [-0.25, -0.2) is 4.98 Å². The van der Waals surface area contributed by atoms with Gasteiger partial charge in [0, 0.05) is 6.20 Å². The summed E-state index contributed by atoms with van der Waals surface area (Å²) in [4.78, 5) is 15.6. The minimum Gasteiger partial charge on any atom is -0.320 e. The number of carbonyl (C=O) groups is 1. The second kappa shape index (κ2) is 6.45. The summed E-state index contributed by atoms with van der Waals surface area (Å²) < 4.78 is 0. The first-order valence-electron chi connectivity index (χ1n) is 5.00. The molecule has 90 valence electrons. The third-order valence-electron chi connectivity index (χ3n) is 2.19. The quantitative estimate of drug-likeness (QED) is 0.850. The summed E-state index contributed by atoms with van der Waals surface area (Å²) in [7, 11) is 0. The van der Waals surface area contributed by atoms with Crippen molar-refractivity contribution in [2.75, 3.05) is 5.32 Å². The SMILES string of the molecule is Cc1ccnc(NC(=O)[C@@H](N)C(C)C)c1.Cl. The predicted molar refractivity (Wildman–Crippen MR) is 67.7 cm³/mol.